The number of aromatic nitrogens is 5. The number of ether oxygens (including phenoxy) is 2. The standard InChI is InChI=1S/C30H36N8O11P2S/c1-44-28-27(49-50-38-14-5-10-22(38)24(48-50)20-52(42,43)21-8-3-2-4-9-21)23(47-29(28)37-15-11-25(39)33-30(37)40)18-36-19-26(34-35-36)51(41,45-16-6-12-31)46-17-7-13-32/h2-4,8-9,11,15,19,22-24,27-29H,5-7,10,14,16-18,20H2,1H3,(H,33,39,40)/t22-,23+,24+,27?,28?,29+,50-/m0/s1. The second kappa shape index (κ2) is 16.6. The van der Waals surface area contributed by atoms with Crippen molar-refractivity contribution in [2.75, 3.05) is 32.6 Å². The van der Waals surface area contributed by atoms with Crippen LogP contribution in [-0.4, -0.2) is 101 Å². The molecule has 5 heterocycles. The van der Waals surface area contributed by atoms with Crippen molar-refractivity contribution >= 4 is 31.4 Å². The summed E-state index contributed by atoms with van der Waals surface area (Å²) < 4.78 is 80.9. The molecule has 3 aliphatic rings. The predicted octanol–water partition coefficient (Wildman–Crippen LogP) is 1.37. The van der Waals surface area contributed by atoms with Gasteiger partial charge in [-0.1, -0.05) is 23.4 Å². The molecule has 19 nitrogen and oxygen atoms in total. The molecule has 3 aliphatic heterocycles. The summed E-state index contributed by atoms with van der Waals surface area (Å²) in [6, 6.07) is 12.9. The SMILES string of the molecule is COC1C(O[P@]2O[C@H](CS(=O)(=O)c3ccccc3)[C@@H]3CCCN32)[C@@H](Cn2cc(P(=O)(OCCC#N)OCCC#N)nn2)O[C@H]1n1ccc(=O)[nH]c1=O. The number of hydrogen-bond donors (Lipinski definition) is 1. The van der Waals surface area contributed by atoms with E-state index in [1.807, 2.05) is 16.8 Å². The summed E-state index contributed by atoms with van der Waals surface area (Å²) in [7, 11) is -8.20. The number of nitriles is 2. The number of aromatic amines is 1. The van der Waals surface area contributed by atoms with Crippen molar-refractivity contribution in [3.8, 4) is 12.1 Å². The van der Waals surface area contributed by atoms with Crippen molar-refractivity contribution in [1.82, 2.24) is 29.2 Å². The molecular weight excluding hydrogens is 742 g/mol. The molecule has 1 aromatic carbocycles. The molecular formula is C30H36N8O11P2S. The summed E-state index contributed by atoms with van der Waals surface area (Å²) in [5, 5.41) is 25.9. The second-order valence-electron chi connectivity index (χ2n) is 12.0. The van der Waals surface area contributed by atoms with Gasteiger partial charge in [0.15, 0.2) is 21.5 Å². The van der Waals surface area contributed by atoms with Crippen LogP contribution in [0.25, 0.3) is 0 Å². The van der Waals surface area contributed by atoms with E-state index >= 15 is 0 Å². The van der Waals surface area contributed by atoms with Gasteiger partial charge in [0.1, 0.15) is 18.3 Å². The number of hydrogen-bond acceptors (Lipinski definition) is 16. The Morgan fingerprint density at radius 1 is 1.08 bits per heavy atom. The Morgan fingerprint density at radius 3 is 2.48 bits per heavy atom. The van der Waals surface area contributed by atoms with Crippen LogP contribution in [0.5, 0.6) is 0 Å². The van der Waals surface area contributed by atoms with Crippen molar-refractivity contribution < 1.29 is 40.6 Å². The quantitative estimate of drug-likeness (QED) is 0.159. The van der Waals surface area contributed by atoms with Gasteiger partial charge in [-0.05, 0) is 25.0 Å². The van der Waals surface area contributed by atoms with E-state index in [1.165, 1.54) is 24.2 Å². The normalized spacial score (nSPS) is 26.2. The minimum absolute atomic E-state index is 0.0689. The molecule has 2 aromatic heterocycles. The smallest absolute Gasteiger partial charge is 0.374 e. The van der Waals surface area contributed by atoms with Gasteiger partial charge in [0.25, 0.3) is 14.1 Å². The van der Waals surface area contributed by atoms with Gasteiger partial charge < -0.3 is 27.6 Å². The molecule has 0 radical (unpaired) electrons. The van der Waals surface area contributed by atoms with E-state index < -0.39 is 67.9 Å². The third-order valence-corrected chi connectivity index (χ3v) is 14.0. The topological polar surface area (TPSA) is 243 Å². The fraction of sp³-hybridized carbons (Fsp3) is 0.533. The highest BCUT2D eigenvalue weighted by atomic mass is 32.2. The van der Waals surface area contributed by atoms with Crippen molar-refractivity contribution in [2.24, 2.45) is 0 Å². The van der Waals surface area contributed by atoms with Gasteiger partial charge in [-0.25, -0.2) is 22.6 Å². The van der Waals surface area contributed by atoms with Gasteiger partial charge in [-0.2, -0.15) is 10.5 Å². The first-order valence-electron chi connectivity index (χ1n) is 16.3. The van der Waals surface area contributed by atoms with Gasteiger partial charge in [0.2, 0.25) is 0 Å². The average molecular weight is 779 g/mol. The van der Waals surface area contributed by atoms with Crippen LogP contribution in [0, 0.1) is 22.7 Å². The van der Waals surface area contributed by atoms with Crippen molar-refractivity contribution in [3.05, 3.63) is 69.6 Å². The molecule has 278 valence electrons. The molecule has 3 aromatic rings. The lowest BCUT2D eigenvalue weighted by Gasteiger charge is -2.28. The van der Waals surface area contributed by atoms with Gasteiger partial charge in [-0.15, -0.1) is 5.10 Å². The van der Waals surface area contributed by atoms with Crippen LogP contribution >= 0.6 is 16.1 Å². The van der Waals surface area contributed by atoms with E-state index in [0.717, 1.165) is 17.1 Å². The third kappa shape index (κ3) is 8.27. The number of methoxy groups -OCH3 is 1. The van der Waals surface area contributed by atoms with Crippen LogP contribution in [0.1, 0.15) is 31.9 Å². The van der Waals surface area contributed by atoms with Gasteiger partial charge >= 0.3 is 13.3 Å². The molecule has 3 saturated heterocycles. The largest absolute Gasteiger partial charge is 0.383 e. The molecule has 2 unspecified atom stereocenters. The molecule has 0 bridgehead atoms. The van der Waals surface area contributed by atoms with Crippen LogP contribution in [0.3, 0.4) is 0 Å². The zero-order valence-electron chi connectivity index (χ0n) is 27.9. The van der Waals surface area contributed by atoms with E-state index in [-0.39, 0.29) is 54.7 Å². The molecule has 1 N–H and O–H groups in total. The zero-order chi connectivity index (χ0) is 36.9. The first-order chi connectivity index (χ1) is 25.1. The van der Waals surface area contributed by atoms with Crippen molar-refractivity contribution in [2.45, 2.75) is 73.8 Å². The first kappa shape index (κ1) is 38.1. The molecule has 7 atom stereocenters. The number of H-pyrrole nitrogens is 1. The lowest BCUT2D eigenvalue weighted by Crippen LogP contribution is -2.40. The third-order valence-electron chi connectivity index (χ3n) is 8.64. The fourth-order valence-corrected chi connectivity index (χ4v) is 11.3. The van der Waals surface area contributed by atoms with Crippen LogP contribution in [0.2, 0.25) is 0 Å². The van der Waals surface area contributed by atoms with Crippen molar-refractivity contribution in [3.63, 3.8) is 0 Å². The highest BCUT2D eigenvalue weighted by molar-refractivity contribution is 7.91. The molecule has 3 fully saturated rings. The highest BCUT2D eigenvalue weighted by Gasteiger charge is 2.54. The number of sulfone groups is 1. The van der Waals surface area contributed by atoms with Crippen LogP contribution in [0.4, 0.5) is 0 Å². The number of rotatable bonds is 16. The molecule has 0 saturated carbocycles. The molecule has 0 aliphatic carbocycles. The Hall–Kier alpha value is -3.65. The first-order valence-corrected chi connectivity index (χ1v) is 20.6. The number of fused-ring (bicyclic) bond motifs is 1. The summed E-state index contributed by atoms with van der Waals surface area (Å²) in [6.07, 6.45) is -0.594. The monoisotopic (exact) mass is 778 g/mol. The molecule has 52 heavy (non-hydrogen) atoms. The van der Waals surface area contributed by atoms with Crippen LogP contribution < -0.4 is 16.7 Å². The summed E-state index contributed by atoms with van der Waals surface area (Å²) in [5.41, 5.74) is -1.52. The van der Waals surface area contributed by atoms with E-state index in [1.54, 1.807) is 30.3 Å². The van der Waals surface area contributed by atoms with Crippen LogP contribution in [0.15, 0.2) is 63.3 Å². The molecule has 0 spiro atoms. The van der Waals surface area contributed by atoms with Crippen LogP contribution in [-0.2, 0) is 48.5 Å². The second-order valence-corrected chi connectivity index (χ2v) is 17.4. The minimum atomic E-state index is -4.09. The number of benzene rings is 1. The van der Waals surface area contributed by atoms with E-state index in [9.17, 15) is 22.6 Å². The molecule has 6 rings (SSSR count). The van der Waals surface area contributed by atoms with Gasteiger partial charge in [0.05, 0.1) is 67.7 Å². The average Bonchev–Trinajstić information content (AvgIpc) is 3.92. The summed E-state index contributed by atoms with van der Waals surface area (Å²) in [4.78, 5) is 27.2. The van der Waals surface area contributed by atoms with E-state index in [0.29, 0.717) is 13.0 Å². The maximum atomic E-state index is 13.7. The minimum Gasteiger partial charge on any atom is -0.374 e. The lowest BCUT2D eigenvalue weighted by molar-refractivity contribution is -0.0564. The highest BCUT2D eigenvalue weighted by Crippen LogP contribution is 2.58. The maximum absolute atomic E-state index is 13.7. The zero-order valence-corrected chi connectivity index (χ0v) is 30.5. The lowest BCUT2D eigenvalue weighted by atomic mass is 10.1. The Morgan fingerprint density at radius 2 is 1.81 bits per heavy atom. The summed E-state index contributed by atoms with van der Waals surface area (Å²) in [5.74, 6) is -0.247. The van der Waals surface area contributed by atoms with Crippen molar-refractivity contribution in [1.29, 1.82) is 10.5 Å². The Kier molecular flexibility index (Phi) is 12.1. The van der Waals surface area contributed by atoms with Gasteiger partial charge in [0, 0.05) is 32.0 Å². The maximum Gasteiger partial charge on any atom is 0.383 e. The van der Waals surface area contributed by atoms with E-state index in [2.05, 4.69) is 15.3 Å². The fourth-order valence-electron chi connectivity index (χ4n) is 6.24. The van der Waals surface area contributed by atoms with E-state index in [4.69, 9.17) is 38.1 Å². The summed E-state index contributed by atoms with van der Waals surface area (Å²) in [6.45, 7) is 0.0977. The molecule has 0 amide bonds. The number of nitrogens with zero attached hydrogens (tertiary/aromatic N) is 7. The van der Waals surface area contributed by atoms with Gasteiger partial charge in [-0.3, -0.25) is 18.9 Å². The Bertz CT molecular complexity index is 2040. The Balaban J connectivity index is 1.27. The predicted molar refractivity (Wildman–Crippen MR) is 181 cm³/mol. The molecule has 22 heteroatoms. The number of nitrogens with one attached hydrogen (secondary N) is 1. The Labute approximate surface area is 299 Å². The summed E-state index contributed by atoms with van der Waals surface area (Å²) >= 11 is 0.